The Morgan fingerprint density at radius 1 is 0.636 bits per heavy atom. The van der Waals surface area contributed by atoms with Gasteiger partial charge in [0.2, 0.25) is 0 Å². The van der Waals surface area contributed by atoms with Gasteiger partial charge in [-0.2, -0.15) is 0 Å². The quantitative estimate of drug-likeness (QED) is 0.283. The fourth-order valence-electron chi connectivity index (χ4n) is 4.68. The van der Waals surface area contributed by atoms with Crippen LogP contribution in [-0.2, 0) is 6.42 Å². The van der Waals surface area contributed by atoms with Crippen LogP contribution in [0.15, 0.2) is 115 Å². The van der Waals surface area contributed by atoms with Gasteiger partial charge in [0.15, 0.2) is 0 Å². The second-order valence-electron chi connectivity index (χ2n) is 8.63. The monoisotopic (exact) mass is 424 g/mol. The van der Waals surface area contributed by atoms with Crippen LogP contribution in [0.1, 0.15) is 16.7 Å². The van der Waals surface area contributed by atoms with Gasteiger partial charge in [-0.25, -0.2) is 0 Å². The Balaban J connectivity index is 1.48. The fraction of sp³-hybridized carbons (Fsp3) is 0.0645. The normalized spacial score (nSPS) is 11.3. The number of rotatable bonds is 4. The molecule has 0 saturated carbocycles. The molecule has 0 amide bonds. The maximum Gasteiger partial charge on any atom is 0.0705 e. The molecule has 33 heavy (non-hydrogen) atoms. The summed E-state index contributed by atoms with van der Waals surface area (Å²) in [5, 5.41) is 2.51. The Morgan fingerprint density at radius 3 is 2.24 bits per heavy atom. The van der Waals surface area contributed by atoms with Crippen molar-refractivity contribution in [1.82, 2.24) is 9.55 Å². The first-order valence-corrected chi connectivity index (χ1v) is 11.4. The molecule has 0 bridgehead atoms. The third-order valence-corrected chi connectivity index (χ3v) is 6.34. The zero-order valence-corrected chi connectivity index (χ0v) is 18.6. The van der Waals surface area contributed by atoms with Crippen LogP contribution in [0, 0.1) is 6.92 Å². The van der Waals surface area contributed by atoms with Crippen molar-refractivity contribution in [1.29, 1.82) is 0 Å². The molecule has 0 aliphatic rings. The van der Waals surface area contributed by atoms with E-state index >= 15 is 0 Å². The molecule has 2 heteroatoms. The topological polar surface area (TPSA) is 17.8 Å². The number of aryl methyl sites for hydroxylation is 1. The lowest BCUT2D eigenvalue weighted by Crippen LogP contribution is -1.94. The van der Waals surface area contributed by atoms with Gasteiger partial charge in [0.25, 0.3) is 0 Å². The van der Waals surface area contributed by atoms with Crippen LogP contribution in [0.3, 0.4) is 0 Å². The highest BCUT2D eigenvalue weighted by atomic mass is 15.0. The standard InChI is InChI=1S/C31H24N2/c1-22-11-14-26(15-12-22)33-30-10-6-5-9-27(30)28-21-25(13-16-31(28)33)29-20-24(17-18-32-29)19-23-7-3-2-4-8-23/h2-18,20-21H,19H2,1H3. The van der Waals surface area contributed by atoms with Crippen LogP contribution >= 0.6 is 0 Å². The average molecular weight is 425 g/mol. The van der Waals surface area contributed by atoms with E-state index in [0.29, 0.717) is 0 Å². The van der Waals surface area contributed by atoms with Crippen molar-refractivity contribution >= 4 is 21.8 Å². The third kappa shape index (κ3) is 3.60. The predicted molar refractivity (Wildman–Crippen MR) is 138 cm³/mol. The zero-order valence-electron chi connectivity index (χ0n) is 18.6. The van der Waals surface area contributed by atoms with E-state index in [2.05, 4.69) is 121 Å². The predicted octanol–water partition coefficient (Wildman–Crippen LogP) is 7.74. The molecule has 0 unspecified atom stereocenters. The van der Waals surface area contributed by atoms with Crippen LogP contribution in [0.4, 0.5) is 0 Å². The Bertz CT molecular complexity index is 1580. The van der Waals surface area contributed by atoms with Crippen molar-refractivity contribution in [3.8, 4) is 16.9 Å². The molecular weight excluding hydrogens is 400 g/mol. The highest BCUT2D eigenvalue weighted by Gasteiger charge is 2.13. The van der Waals surface area contributed by atoms with Crippen LogP contribution < -0.4 is 0 Å². The number of hydrogen-bond donors (Lipinski definition) is 0. The van der Waals surface area contributed by atoms with Crippen molar-refractivity contribution < 1.29 is 0 Å². The van der Waals surface area contributed by atoms with Crippen LogP contribution in [0.2, 0.25) is 0 Å². The van der Waals surface area contributed by atoms with E-state index in [1.54, 1.807) is 0 Å². The molecule has 0 saturated heterocycles. The van der Waals surface area contributed by atoms with Gasteiger partial charge in [-0.05, 0) is 66.9 Å². The molecule has 2 aromatic heterocycles. The molecule has 0 atom stereocenters. The molecule has 4 aromatic carbocycles. The lowest BCUT2D eigenvalue weighted by Gasteiger charge is -2.09. The van der Waals surface area contributed by atoms with Gasteiger partial charge in [0.05, 0.1) is 16.7 Å². The Labute approximate surface area is 193 Å². The molecule has 6 aromatic rings. The Kier molecular flexibility index (Phi) is 4.77. The second kappa shape index (κ2) is 8.07. The molecule has 0 aliphatic heterocycles. The van der Waals surface area contributed by atoms with E-state index in [-0.39, 0.29) is 0 Å². The number of aromatic nitrogens is 2. The molecule has 158 valence electrons. The fourth-order valence-corrected chi connectivity index (χ4v) is 4.68. The van der Waals surface area contributed by atoms with E-state index in [9.17, 15) is 0 Å². The summed E-state index contributed by atoms with van der Waals surface area (Å²) in [6.07, 6.45) is 2.83. The van der Waals surface area contributed by atoms with Crippen LogP contribution in [0.5, 0.6) is 0 Å². The second-order valence-corrected chi connectivity index (χ2v) is 8.63. The maximum absolute atomic E-state index is 4.71. The minimum absolute atomic E-state index is 0.908. The van der Waals surface area contributed by atoms with E-state index in [1.807, 2.05) is 6.20 Å². The largest absolute Gasteiger partial charge is 0.309 e. The van der Waals surface area contributed by atoms with Crippen molar-refractivity contribution in [2.45, 2.75) is 13.3 Å². The molecule has 0 N–H and O–H groups in total. The number of nitrogens with zero attached hydrogens (tertiary/aromatic N) is 2. The number of hydrogen-bond acceptors (Lipinski definition) is 1. The van der Waals surface area contributed by atoms with Gasteiger partial charge in [0.1, 0.15) is 0 Å². The van der Waals surface area contributed by atoms with Gasteiger partial charge in [-0.1, -0.05) is 72.3 Å². The summed E-state index contributed by atoms with van der Waals surface area (Å²) in [7, 11) is 0. The Hall–Kier alpha value is -4.17. The lowest BCUT2D eigenvalue weighted by molar-refractivity contribution is 1.16. The van der Waals surface area contributed by atoms with Crippen LogP contribution in [0.25, 0.3) is 38.8 Å². The zero-order chi connectivity index (χ0) is 22.2. The van der Waals surface area contributed by atoms with E-state index in [0.717, 1.165) is 17.7 Å². The van der Waals surface area contributed by atoms with Crippen molar-refractivity contribution in [2.24, 2.45) is 0 Å². The maximum atomic E-state index is 4.71. The van der Waals surface area contributed by atoms with Gasteiger partial charge in [0, 0.05) is 28.2 Å². The van der Waals surface area contributed by atoms with Crippen LogP contribution in [-0.4, -0.2) is 9.55 Å². The van der Waals surface area contributed by atoms with Gasteiger partial charge < -0.3 is 4.57 Å². The summed E-state index contributed by atoms with van der Waals surface area (Å²) in [4.78, 5) is 4.71. The summed E-state index contributed by atoms with van der Waals surface area (Å²) >= 11 is 0. The highest BCUT2D eigenvalue weighted by Crippen LogP contribution is 2.34. The summed E-state index contributed by atoms with van der Waals surface area (Å²) in [5.41, 5.74) is 9.62. The first kappa shape index (κ1) is 19.5. The van der Waals surface area contributed by atoms with Crippen molar-refractivity contribution in [2.75, 3.05) is 0 Å². The number of pyridine rings is 1. The molecule has 0 aliphatic carbocycles. The summed E-state index contributed by atoms with van der Waals surface area (Å²) in [5.74, 6) is 0. The molecule has 6 rings (SSSR count). The SMILES string of the molecule is Cc1ccc(-n2c3ccccc3c3cc(-c4cc(Cc5ccccc5)ccn4)ccc32)cc1. The summed E-state index contributed by atoms with van der Waals surface area (Å²) < 4.78 is 2.35. The van der Waals surface area contributed by atoms with Gasteiger partial charge >= 0.3 is 0 Å². The summed E-state index contributed by atoms with van der Waals surface area (Å²) in [6, 6.07) is 39.0. The molecular formula is C31H24N2. The third-order valence-electron chi connectivity index (χ3n) is 6.34. The highest BCUT2D eigenvalue weighted by molar-refractivity contribution is 6.10. The smallest absolute Gasteiger partial charge is 0.0705 e. The number of benzene rings is 4. The number of fused-ring (bicyclic) bond motifs is 3. The van der Waals surface area contributed by atoms with Gasteiger partial charge in [-0.15, -0.1) is 0 Å². The molecule has 0 spiro atoms. The van der Waals surface area contributed by atoms with Crippen molar-refractivity contribution in [3.05, 3.63) is 132 Å². The first-order chi connectivity index (χ1) is 16.3. The molecule has 2 nitrogen and oxygen atoms in total. The summed E-state index contributed by atoms with van der Waals surface area (Å²) in [6.45, 7) is 2.13. The minimum Gasteiger partial charge on any atom is -0.309 e. The van der Waals surface area contributed by atoms with E-state index < -0.39 is 0 Å². The molecule has 2 heterocycles. The van der Waals surface area contributed by atoms with Gasteiger partial charge in [-0.3, -0.25) is 4.98 Å². The van der Waals surface area contributed by atoms with E-state index in [4.69, 9.17) is 4.98 Å². The lowest BCUT2D eigenvalue weighted by atomic mass is 10.0. The molecule has 0 radical (unpaired) electrons. The first-order valence-electron chi connectivity index (χ1n) is 11.4. The minimum atomic E-state index is 0.908. The van der Waals surface area contributed by atoms with E-state index in [1.165, 1.54) is 44.2 Å². The Morgan fingerprint density at radius 2 is 1.39 bits per heavy atom. The average Bonchev–Trinajstić information content (AvgIpc) is 3.19. The van der Waals surface area contributed by atoms with Crippen molar-refractivity contribution in [3.63, 3.8) is 0 Å². The number of para-hydroxylation sites is 1. The molecule has 0 fully saturated rings.